The molecule has 21 heavy (non-hydrogen) atoms. The Labute approximate surface area is 128 Å². The number of aryl methyl sites for hydroxylation is 1. The van der Waals surface area contributed by atoms with E-state index in [1.54, 1.807) is 23.5 Å². The highest BCUT2D eigenvalue weighted by molar-refractivity contribution is 7.09. The molecule has 5 nitrogen and oxygen atoms in total. The Balaban J connectivity index is 1.94. The second-order valence-electron chi connectivity index (χ2n) is 4.62. The van der Waals surface area contributed by atoms with Gasteiger partial charge in [0, 0.05) is 36.6 Å². The third kappa shape index (κ3) is 4.35. The molecule has 0 unspecified atom stereocenters. The van der Waals surface area contributed by atoms with Gasteiger partial charge in [0.1, 0.15) is 0 Å². The molecule has 0 saturated heterocycles. The van der Waals surface area contributed by atoms with Crippen molar-refractivity contribution >= 4 is 17.2 Å². The quantitative estimate of drug-likeness (QED) is 0.832. The van der Waals surface area contributed by atoms with Crippen LogP contribution in [-0.2, 0) is 4.84 Å². The summed E-state index contributed by atoms with van der Waals surface area (Å²) in [4.78, 5) is 21.4. The van der Waals surface area contributed by atoms with Crippen LogP contribution in [0.2, 0.25) is 0 Å². The largest absolute Gasteiger partial charge is 0.351 e. The molecule has 0 spiro atoms. The lowest BCUT2D eigenvalue weighted by Gasteiger charge is -2.13. The maximum absolute atomic E-state index is 12.0. The second kappa shape index (κ2) is 7.31. The van der Waals surface area contributed by atoms with Crippen molar-refractivity contribution in [3.05, 3.63) is 40.2 Å². The van der Waals surface area contributed by atoms with Crippen molar-refractivity contribution in [1.82, 2.24) is 15.4 Å². The molecule has 1 aromatic carbocycles. The molecular formula is C15H19N3O2S. The van der Waals surface area contributed by atoms with Gasteiger partial charge < -0.3 is 10.2 Å². The summed E-state index contributed by atoms with van der Waals surface area (Å²) in [5, 5.41) is 7.57. The Morgan fingerprint density at radius 2 is 2.10 bits per heavy atom. The predicted molar refractivity (Wildman–Crippen MR) is 84.3 cm³/mol. The van der Waals surface area contributed by atoms with E-state index in [0.717, 1.165) is 16.3 Å². The average molecular weight is 305 g/mol. The monoisotopic (exact) mass is 305 g/mol. The minimum Gasteiger partial charge on any atom is -0.351 e. The summed E-state index contributed by atoms with van der Waals surface area (Å²) in [5.41, 5.74) is 2.62. The molecule has 1 amide bonds. The van der Waals surface area contributed by atoms with E-state index in [1.807, 2.05) is 43.6 Å². The van der Waals surface area contributed by atoms with Crippen molar-refractivity contribution in [2.45, 2.75) is 6.92 Å². The molecule has 1 heterocycles. The van der Waals surface area contributed by atoms with Gasteiger partial charge in [0.15, 0.2) is 0 Å². The number of aromatic nitrogens is 1. The van der Waals surface area contributed by atoms with Crippen molar-refractivity contribution < 1.29 is 9.63 Å². The van der Waals surface area contributed by atoms with Crippen LogP contribution in [0.1, 0.15) is 15.4 Å². The van der Waals surface area contributed by atoms with Crippen LogP contribution in [0, 0.1) is 6.92 Å². The van der Waals surface area contributed by atoms with Crippen LogP contribution in [0.3, 0.4) is 0 Å². The minimum atomic E-state index is -0.0829. The topological polar surface area (TPSA) is 54.5 Å². The normalized spacial score (nSPS) is 10.9. The van der Waals surface area contributed by atoms with Gasteiger partial charge in [0.25, 0.3) is 5.91 Å². The molecule has 0 fully saturated rings. The number of likely N-dealkylation sites (N-methyl/N-ethyl adjacent to an activating group) is 1. The zero-order valence-corrected chi connectivity index (χ0v) is 13.2. The number of carbonyl (C=O) groups excluding carboxylic acids is 1. The average Bonchev–Trinajstić information content (AvgIpc) is 2.93. The fraction of sp³-hybridized carbons (Fsp3) is 0.333. The van der Waals surface area contributed by atoms with Gasteiger partial charge >= 0.3 is 0 Å². The van der Waals surface area contributed by atoms with E-state index in [-0.39, 0.29) is 5.91 Å². The number of hydrogen-bond donors (Lipinski definition) is 1. The maximum atomic E-state index is 12.0. The van der Waals surface area contributed by atoms with E-state index in [4.69, 9.17) is 4.84 Å². The van der Waals surface area contributed by atoms with Crippen molar-refractivity contribution in [1.29, 1.82) is 0 Å². The van der Waals surface area contributed by atoms with Gasteiger partial charge in [-0.2, -0.15) is 5.06 Å². The molecule has 6 heteroatoms. The lowest BCUT2D eigenvalue weighted by atomic mass is 10.1. The summed E-state index contributed by atoms with van der Waals surface area (Å²) in [6, 6.07) is 7.48. The highest BCUT2D eigenvalue weighted by Gasteiger charge is 2.07. The van der Waals surface area contributed by atoms with E-state index in [0.29, 0.717) is 18.7 Å². The van der Waals surface area contributed by atoms with Crippen LogP contribution in [0.5, 0.6) is 0 Å². The molecule has 0 atom stereocenters. The number of nitrogens with zero attached hydrogens (tertiary/aromatic N) is 2. The standard InChI is InChI=1S/C15H19N3O2S/c1-11-17-14(10-21-11)12-4-6-13(7-5-12)15(19)16-8-9-18(2)20-3/h4-7,10H,8-9H2,1-3H3,(H,16,19). The van der Waals surface area contributed by atoms with Gasteiger partial charge in [0.2, 0.25) is 0 Å². The lowest BCUT2D eigenvalue weighted by molar-refractivity contribution is -0.107. The van der Waals surface area contributed by atoms with Gasteiger partial charge in [-0.3, -0.25) is 4.79 Å². The first-order chi connectivity index (χ1) is 10.1. The fourth-order valence-corrected chi connectivity index (χ4v) is 2.43. The number of thiazole rings is 1. The van der Waals surface area contributed by atoms with E-state index in [1.165, 1.54) is 0 Å². The van der Waals surface area contributed by atoms with E-state index in [2.05, 4.69) is 10.3 Å². The molecule has 0 aliphatic heterocycles. The number of amides is 1. The van der Waals surface area contributed by atoms with Crippen LogP contribution in [0.25, 0.3) is 11.3 Å². The number of carbonyl (C=O) groups is 1. The molecule has 0 aliphatic rings. The van der Waals surface area contributed by atoms with Crippen LogP contribution >= 0.6 is 11.3 Å². The van der Waals surface area contributed by atoms with Crippen LogP contribution < -0.4 is 5.32 Å². The highest BCUT2D eigenvalue weighted by Crippen LogP contribution is 2.21. The van der Waals surface area contributed by atoms with Crippen molar-refractivity contribution in [2.75, 3.05) is 27.2 Å². The zero-order chi connectivity index (χ0) is 15.2. The van der Waals surface area contributed by atoms with Crippen LogP contribution in [0.15, 0.2) is 29.6 Å². The Kier molecular flexibility index (Phi) is 5.44. The first-order valence-electron chi connectivity index (χ1n) is 6.66. The second-order valence-corrected chi connectivity index (χ2v) is 5.68. The SMILES string of the molecule is CON(C)CCNC(=O)c1ccc(-c2csc(C)n2)cc1. The third-order valence-corrected chi connectivity index (χ3v) is 3.86. The highest BCUT2D eigenvalue weighted by atomic mass is 32.1. The van der Waals surface area contributed by atoms with E-state index >= 15 is 0 Å². The van der Waals surface area contributed by atoms with Crippen LogP contribution in [-0.4, -0.2) is 43.2 Å². The number of nitrogens with one attached hydrogen (secondary N) is 1. The van der Waals surface area contributed by atoms with Gasteiger partial charge in [-0.05, 0) is 19.1 Å². The van der Waals surface area contributed by atoms with Crippen molar-refractivity contribution in [2.24, 2.45) is 0 Å². The third-order valence-electron chi connectivity index (χ3n) is 3.09. The van der Waals surface area contributed by atoms with Crippen molar-refractivity contribution in [3.8, 4) is 11.3 Å². The number of hydroxylamine groups is 2. The number of rotatable bonds is 6. The Bertz CT molecular complexity index is 595. The lowest BCUT2D eigenvalue weighted by Crippen LogP contribution is -2.32. The van der Waals surface area contributed by atoms with Gasteiger partial charge in [-0.25, -0.2) is 4.98 Å². The Hall–Kier alpha value is -1.76. The molecule has 0 radical (unpaired) electrons. The van der Waals surface area contributed by atoms with Gasteiger partial charge in [-0.1, -0.05) is 12.1 Å². The Morgan fingerprint density at radius 1 is 1.38 bits per heavy atom. The van der Waals surface area contributed by atoms with E-state index < -0.39 is 0 Å². The molecule has 0 saturated carbocycles. The van der Waals surface area contributed by atoms with Gasteiger partial charge in [0.05, 0.1) is 17.8 Å². The summed E-state index contributed by atoms with van der Waals surface area (Å²) in [6.45, 7) is 3.15. The molecule has 1 aromatic heterocycles. The van der Waals surface area contributed by atoms with Gasteiger partial charge in [-0.15, -0.1) is 11.3 Å². The number of benzene rings is 1. The summed E-state index contributed by atoms with van der Waals surface area (Å²) in [5.74, 6) is -0.0829. The molecule has 2 rings (SSSR count). The fourth-order valence-electron chi connectivity index (χ4n) is 1.81. The number of hydrogen-bond acceptors (Lipinski definition) is 5. The zero-order valence-electron chi connectivity index (χ0n) is 12.4. The molecular weight excluding hydrogens is 286 g/mol. The summed E-state index contributed by atoms with van der Waals surface area (Å²) < 4.78 is 0. The molecule has 112 valence electrons. The van der Waals surface area contributed by atoms with Crippen molar-refractivity contribution in [3.63, 3.8) is 0 Å². The predicted octanol–water partition coefficient (Wildman–Crippen LogP) is 2.34. The van der Waals surface area contributed by atoms with Crippen LogP contribution in [0.4, 0.5) is 0 Å². The molecule has 2 aromatic rings. The first-order valence-corrected chi connectivity index (χ1v) is 7.54. The maximum Gasteiger partial charge on any atom is 0.251 e. The summed E-state index contributed by atoms with van der Waals surface area (Å²) >= 11 is 1.62. The smallest absolute Gasteiger partial charge is 0.251 e. The summed E-state index contributed by atoms with van der Waals surface area (Å²) in [7, 11) is 3.41. The molecule has 0 bridgehead atoms. The van der Waals surface area contributed by atoms with E-state index in [9.17, 15) is 4.79 Å². The Morgan fingerprint density at radius 3 is 2.67 bits per heavy atom. The molecule has 0 aliphatic carbocycles. The summed E-state index contributed by atoms with van der Waals surface area (Å²) in [6.07, 6.45) is 0. The minimum absolute atomic E-state index is 0.0829. The first kappa shape index (κ1) is 15.6. The molecule has 1 N–H and O–H groups in total.